The molecule has 0 saturated carbocycles. The molecule has 42 heavy (non-hydrogen) atoms. The Balaban J connectivity index is 1.00. The number of nitrogens with one attached hydrogen (secondary N) is 1. The molecular weight excluding hydrogens is 536 g/mol. The number of anilines is 1. The molecule has 4 N–H and O–H groups in total. The first-order valence-corrected chi connectivity index (χ1v) is 14.1. The molecule has 5 rings (SSSR count). The Kier molecular flexibility index (Phi) is 8.22. The van der Waals surface area contributed by atoms with Crippen LogP contribution in [0.2, 0.25) is 0 Å². The molecule has 0 radical (unpaired) electrons. The van der Waals surface area contributed by atoms with Crippen LogP contribution in [0.25, 0.3) is 11.3 Å². The standard InChI is InChI=1S/C31H38N6O5/c1-30(2,3)42-29(40)37-19-31(20-37)17-36(18-31)16-27(39)33-15-22-10-8-21(9-11-22)12-13-41-26-14-24(34-35-28(26)32)23-6-4-5-7-25(23)38/h4-11,14,38H,12-13,15-20H2,1-3H3,(H2,32,35)(H,33,39). The van der Waals surface area contributed by atoms with Crippen molar-refractivity contribution >= 4 is 17.8 Å². The summed E-state index contributed by atoms with van der Waals surface area (Å²) in [6.45, 7) is 9.78. The molecule has 1 spiro atoms. The van der Waals surface area contributed by atoms with E-state index in [0.29, 0.717) is 56.2 Å². The maximum Gasteiger partial charge on any atom is 0.410 e. The van der Waals surface area contributed by atoms with Gasteiger partial charge in [-0.25, -0.2) is 4.79 Å². The maximum absolute atomic E-state index is 12.5. The number of nitrogens with zero attached hydrogens (tertiary/aromatic N) is 4. The fourth-order valence-electron chi connectivity index (χ4n) is 5.32. The van der Waals surface area contributed by atoms with Crippen molar-refractivity contribution < 1.29 is 24.2 Å². The smallest absolute Gasteiger partial charge is 0.410 e. The largest absolute Gasteiger partial charge is 0.507 e. The number of likely N-dealkylation sites (tertiary alicyclic amines) is 2. The van der Waals surface area contributed by atoms with Gasteiger partial charge in [-0.2, -0.15) is 0 Å². The fraction of sp³-hybridized carbons (Fsp3) is 0.419. The number of amides is 2. The van der Waals surface area contributed by atoms with Crippen LogP contribution in [0.3, 0.4) is 0 Å². The molecule has 11 heteroatoms. The molecule has 0 bridgehead atoms. The number of nitrogen functional groups attached to an aromatic ring is 1. The number of hydrogen-bond acceptors (Lipinski definition) is 9. The zero-order valence-electron chi connectivity index (χ0n) is 24.3. The van der Waals surface area contributed by atoms with Crippen molar-refractivity contribution in [1.29, 1.82) is 0 Å². The first-order valence-electron chi connectivity index (χ1n) is 14.1. The van der Waals surface area contributed by atoms with E-state index >= 15 is 0 Å². The van der Waals surface area contributed by atoms with Crippen LogP contribution in [0, 0.1) is 5.41 Å². The molecule has 2 saturated heterocycles. The number of phenols is 1. The number of ether oxygens (including phenoxy) is 2. The summed E-state index contributed by atoms with van der Waals surface area (Å²) in [6, 6.07) is 16.6. The molecule has 222 valence electrons. The van der Waals surface area contributed by atoms with Crippen molar-refractivity contribution in [2.45, 2.75) is 39.3 Å². The lowest BCUT2D eigenvalue weighted by Crippen LogP contribution is -2.73. The van der Waals surface area contributed by atoms with E-state index in [2.05, 4.69) is 20.4 Å². The minimum Gasteiger partial charge on any atom is -0.507 e. The molecule has 11 nitrogen and oxygen atoms in total. The van der Waals surface area contributed by atoms with Crippen molar-refractivity contribution in [3.05, 3.63) is 65.7 Å². The van der Waals surface area contributed by atoms with Crippen LogP contribution in [0.5, 0.6) is 11.5 Å². The second-order valence-electron chi connectivity index (χ2n) is 12.2. The van der Waals surface area contributed by atoms with Gasteiger partial charge in [0.05, 0.1) is 13.2 Å². The van der Waals surface area contributed by atoms with E-state index in [0.717, 1.165) is 24.2 Å². The number of nitrogens with two attached hydrogens (primary N) is 1. The Morgan fingerprint density at radius 3 is 2.40 bits per heavy atom. The van der Waals surface area contributed by atoms with Gasteiger partial charge in [-0.05, 0) is 44.0 Å². The van der Waals surface area contributed by atoms with Crippen LogP contribution in [-0.2, 0) is 22.5 Å². The zero-order valence-corrected chi connectivity index (χ0v) is 24.3. The van der Waals surface area contributed by atoms with Crippen LogP contribution in [0.4, 0.5) is 10.6 Å². The Labute approximate surface area is 245 Å². The first-order chi connectivity index (χ1) is 20.0. The molecule has 0 aliphatic carbocycles. The summed E-state index contributed by atoms with van der Waals surface area (Å²) >= 11 is 0. The van der Waals surface area contributed by atoms with E-state index in [-0.39, 0.29) is 29.0 Å². The number of aromatic hydroxyl groups is 1. The van der Waals surface area contributed by atoms with Crippen molar-refractivity contribution in [3.8, 4) is 22.8 Å². The summed E-state index contributed by atoms with van der Waals surface area (Å²) < 4.78 is 11.3. The molecule has 1 aromatic heterocycles. The van der Waals surface area contributed by atoms with Crippen LogP contribution in [0.15, 0.2) is 54.6 Å². The van der Waals surface area contributed by atoms with Crippen molar-refractivity contribution in [2.24, 2.45) is 5.41 Å². The van der Waals surface area contributed by atoms with Gasteiger partial charge in [0.15, 0.2) is 11.6 Å². The van der Waals surface area contributed by atoms with Gasteiger partial charge < -0.3 is 30.5 Å². The Bertz CT molecular complexity index is 1420. The molecule has 3 heterocycles. The van der Waals surface area contributed by atoms with E-state index in [1.165, 1.54) is 0 Å². The Morgan fingerprint density at radius 2 is 1.71 bits per heavy atom. The van der Waals surface area contributed by atoms with Crippen molar-refractivity contribution in [2.75, 3.05) is 45.1 Å². The third-order valence-corrected chi connectivity index (χ3v) is 7.32. The number of benzene rings is 2. The first kappa shape index (κ1) is 29.1. The van der Waals surface area contributed by atoms with E-state index < -0.39 is 5.60 Å². The van der Waals surface area contributed by atoms with E-state index in [1.807, 2.05) is 51.1 Å². The molecule has 3 aromatic rings. The SMILES string of the molecule is CC(C)(C)OC(=O)N1CC2(CN(CC(=O)NCc3ccc(CCOc4cc(-c5ccccc5O)nnc4N)cc3)C2)C1. The zero-order chi connectivity index (χ0) is 29.9. The molecule has 2 aromatic carbocycles. The quantitative estimate of drug-likeness (QED) is 0.351. The lowest BCUT2D eigenvalue weighted by atomic mass is 9.73. The van der Waals surface area contributed by atoms with Gasteiger partial charge in [0.2, 0.25) is 5.91 Å². The molecule has 2 aliphatic rings. The molecule has 0 unspecified atom stereocenters. The number of para-hydroxylation sites is 1. The normalized spacial score (nSPS) is 15.9. The van der Waals surface area contributed by atoms with Gasteiger partial charge in [0.1, 0.15) is 17.0 Å². The lowest BCUT2D eigenvalue weighted by Gasteiger charge is -2.59. The minimum absolute atomic E-state index is 0.0163. The highest BCUT2D eigenvalue weighted by Crippen LogP contribution is 2.40. The summed E-state index contributed by atoms with van der Waals surface area (Å²) in [5, 5.41) is 21.1. The second kappa shape index (κ2) is 11.8. The Morgan fingerprint density at radius 1 is 1.02 bits per heavy atom. The molecule has 0 atom stereocenters. The number of aromatic nitrogens is 2. The molecule has 2 aliphatic heterocycles. The molecule has 2 fully saturated rings. The third-order valence-electron chi connectivity index (χ3n) is 7.32. The van der Waals surface area contributed by atoms with E-state index in [4.69, 9.17) is 15.2 Å². The van der Waals surface area contributed by atoms with Crippen molar-refractivity contribution in [3.63, 3.8) is 0 Å². The lowest BCUT2D eigenvalue weighted by molar-refractivity contribution is -0.135. The monoisotopic (exact) mass is 574 g/mol. The predicted octanol–water partition coefficient (Wildman–Crippen LogP) is 3.22. The van der Waals surface area contributed by atoms with Crippen molar-refractivity contribution in [1.82, 2.24) is 25.3 Å². The van der Waals surface area contributed by atoms with Gasteiger partial charge >= 0.3 is 6.09 Å². The number of phenolic OH excluding ortho intramolecular Hbond substituents is 1. The van der Waals surface area contributed by atoms with E-state index in [9.17, 15) is 14.7 Å². The highest BCUT2D eigenvalue weighted by Gasteiger charge is 2.54. The van der Waals surface area contributed by atoms with Crippen LogP contribution >= 0.6 is 0 Å². The van der Waals surface area contributed by atoms with E-state index in [1.54, 1.807) is 29.2 Å². The number of rotatable bonds is 9. The average Bonchev–Trinajstić information content (AvgIpc) is 2.89. The minimum atomic E-state index is -0.494. The molecule has 2 amide bonds. The second-order valence-corrected chi connectivity index (χ2v) is 12.2. The van der Waals surface area contributed by atoms with Gasteiger partial charge in [0, 0.05) is 56.2 Å². The van der Waals surface area contributed by atoms with Crippen LogP contribution < -0.4 is 15.8 Å². The summed E-state index contributed by atoms with van der Waals surface area (Å²) in [6.07, 6.45) is 0.389. The van der Waals surface area contributed by atoms with Gasteiger partial charge in [-0.1, -0.05) is 36.4 Å². The van der Waals surface area contributed by atoms with Gasteiger partial charge in [-0.3, -0.25) is 9.69 Å². The number of carbonyl (C=O) groups is 2. The Hall–Kier alpha value is -4.38. The van der Waals surface area contributed by atoms with Gasteiger partial charge in [0.25, 0.3) is 0 Å². The number of carbonyl (C=O) groups excluding carboxylic acids is 2. The van der Waals surface area contributed by atoms with Gasteiger partial charge in [-0.15, -0.1) is 10.2 Å². The summed E-state index contributed by atoms with van der Waals surface area (Å²) in [5.74, 6) is 0.685. The average molecular weight is 575 g/mol. The molecular formula is C31H38N6O5. The predicted molar refractivity (Wildman–Crippen MR) is 158 cm³/mol. The topological polar surface area (TPSA) is 143 Å². The summed E-state index contributed by atoms with van der Waals surface area (Å²) in [4.78, 5) is 28.5. The number of hydrogen-bond donors (Lipinski definition) is 3. The fourth-order valence-corrected chi connectivity index (χ4v) is 5.32. The highest BCUT2D eigenvalue weighted by atomic mass is 16.6. The summed E-state index contributed by atoms with van der Waals surface area (Å²) in [7, 11) is 0. The van der Waals surface area contributed by atoms with Crippen LogP contribution in [0.1, 0.15) is 31.9 Å². The summed E-state index contributed by atoms with van der Waals surface area (Å²) in [5.41, 5.74) is 8.67. The van der Waals surface area contributed by atoms with Crippen LogP contribution in [-0.4, -0.2) is 82.0 Å². The third kappa shape index (κ3) is 7.09. The maximum atomic E-state index is 12.5. The highest BCUT2D eigenvalue weighted by molar-refractivity contribution is 5.78.